The van der Waals surface area contributed by atoms with Gasteiger partial charge in [0.1, 0.15) is 11.5 Å². The van der Waals surface area contributed by atoms with Crippen LogP contribution < -0.4 is 5.32 Å². The molecule has 0 bridgehead atoms. The monoisotopic (exact) mass is 361 g/mol. The van der Waals surface area contributed by atoms with Gasteiger partial charge in [0, 0.05) is 12.6 Å². The highest BCUT2D eigenvalue weighted by atomic mass is 31.2. The van der Waals surface area contributed by atoms with E-state index in [1.807, 2.05) is 0 Å². The van der Waals surface area contributed by atoms with Crippen LogP contribution in [0, 0.1) is 0 Å². The van der Waals surface area contributed by atoms with Crippen molar-refractivity contribution in [3.05, 3.63) is 23.8 Å². The maximum Gasteiger partial charge on any atom is 0.474 e. The second-order valence-corrected chi connectivity index (χ2v) is 6.45. The van der Waals surface area contributed by atoms with Gasteiger partial charge in [0.25, 0.3) is 5.91 Å². The molecule has 9 heteroatoms. The number of nitrogens with one attached hydrogen (secondary N) is 1. The van der Waals surface area contributed by atoms with Gasteiger partial charge in [-0.15, -0.1) is 0 Å². The van der Waals surface area contributed by atoms with E-state index < -0.39 is 13.7 Å². The Balaban J connectivity index is 2.28. The molecule has 3 N–H and O–H groups in total. The van der Waals surface area contributed by atoms with Crippen molar-refractivity contribution in [3.63, 3.8) is 0 Å². The number of carbonyl (C=O) groups is 1. The summed E-state index contributed by atoms with van der Waals surface area (Å²) < 4.78 is 27.2. The molecule has 1 amide bonds. The van der Waals surface area contributed by atoms with Gasteiger partial charge in [-0.1, -0.05) is 0 Å². The predicted octanol–water partition coefficient (Wildman–Crippen LogP) is 2.81. The third-order valence-corrected chi connectivity index (χ3v) is 4.55. The minimum Gasteiger partial charge on any atom is -0.508 e. The lowest BCUT2D eigenvalue weighted by atomic mass is 10.1. The predicted molar refractivity (Wildman–Crippen MR) is 88.1 cm³/mol. The third kappa shape index (κ3) is 6.88. The average Bonchev–Trinajstić information content (AvgIpc) is 2.51. The number of amides is 1. The third-order valence-electron chi connectivity index (χ3n) is 2.91. The second-order valence-electron chi connectivity index (χ2n) is 4.78. The molecular weight excluding hydrogens is 337 g/mol. The molecule has 8 nitrogen and oxygen atoms in total. The van der Waals surface area contributed by atoms with Crippen molar-refractivity contribution in [2.45, 2.75) is 26.7 Å². The van der Waals surface area contributed by atoms with Crippen LogP contribution in [0.1, 0.15) is 37.0 Å². The zero-order valence-electron chi connectivity index (χ0n) is 13.9. The first kappa shape index (κ1) is 20.4. The minimum absolute atomic E-state index is 0.0845. The summed E-state index contributed by atoms with van der Waals surface area (Å²) in [4.78, 5) is 11.9. The molecule has 1 aromatic carbocycles. The highest BCUT2D eigenvalue weighted by Gasteiger charge is 2.24. The fourth-order valence-electron chi connectivity index (χ4n) is 1.84. The SMILES string of the molecule is CCOP(=O)(OCC)OCCCCNC(=O)c1ccc(O)cc1O. The Labute approximate surface area is 141 Å². The number of carbonyl (C=O) groups excluding carboxylic acids is 1. The van der Waals surface area contributed by atoms with Gasteiger partial charge < -0.3 is 15.5 Å². The normalized spacial score (nSPS) is 11.4. The first-order chi connectivity index (χ1) is 11.4. The molecule has 1 rings (SSSR count). The van der Waals surface area contributed by atoms with Crippen LogP contribution in [0.25, 0.3) is 0 Å². The van der Waals surface area contributed by atoms with E-state index in [-0.39, 0.29) is 36.9 Å². The van der Waals surface area contributed by atoms with E-state index in [0.29, 0.717) is 19.4 Å². The molecule has 0 aliphatic rings. The van der Waals surface area contributed by atoms with Crippen LogP contribution >= 0.6 is 7.82 Å². The van der Waals surface area contributed by atoms with Gasteiger partial charge in [0.15, 0.2) is 0 Å². The summed E-state index contributed by atoms with van der Waals surface area (Å²) in [6, 6.07) is 3.76. The second kappa shape index (κ2) is 10.3. The van der Waals surface area contributed by atoms with E-state index in [1.54, 1.807) is 13.8 Å². The molecule has 1 aromatic rings. The molecule has 0 saturated carbocycles. The average molecular weight is 361 g/mol. The van der Waals surface area contributed by atoms with Crippen molar-refractivity contribution in [2.75, 3.05) is 26.4 Å². The number of phosphoric acid groups is 1. The molecule has 0 fully saturated rings. The van der Waals surface area contributed by atoms with Crippen molar-refractivity contribution in [1.82, 2.24) is 5.32 Å². The highest BCUT2D eigenvalue weighted by molar-refractivity contribution is 7.48. The summed E-state index contributed by atoms with van der Waals surface area (Å²) in [7, 11) is -3.49. The number of unbranched alkanes of at least 4 members (excludes halogenated alkanes) is 1. The van der Waals surface area contributed by atoms with Crippen LogP contribution in [0.2, 0.25) is 0 Å². The molecule has 0 spiro atoms. The molecule has 0 unspecified atom stereocenters. The molecule has 0 aromatic heterocycles. The lowest BCUT2D eigenvalue weighted by Crippen LogP contribution is -2.24. The summed E-state index contributed by atoms with van der Waals surface area (Å²) in [5.41, 5.74) is 0.0845. The van der Waals surface area contributed by atoms with Crippen LogP contribution in [0.4, 0.5) is 0 Å². The van der Waals surface area contributed by atoms with Crippen molar-refractivity contribution in [1.29, 1.82) is 0 Å². The molecule has 0 atom stereocenters. The van der Waals surface area contributed by atoms with Gasteiger partial charge in [0.05, 0.1) is 25.4 Å². The van der Waals surface area contributed by atoms with Crippen LogP contribution in [0.15, 0.2) is 18.2 Å². The number of phenols is 2. The molecule has 24 heavy (non-hydrogen) atoms. The molecule has 0 aliphatic carbocycles. The highest BCUT2D eigenvalue weighted by Crippen LogP contribution is 2.49. The maximum atomic E-state index is 12.0. The van der Waals surface area contributed by atoms with Crippen LogP contribution in [-0.4, -0.2) is 42.5 Å². The molecule has 0 saturated heterocycles. The number of phenolic OH excluding ortho intramolecular Hbond substituents is 2. The first-order valence-electron chi connectivity index (χ1n) is 7.75. The number of rotatable bonds is 11. The Morgan fingerprint density at radius 3 is 2.38 bits per heavy atom. The van der Waals surface area contributed by atoms with Crippen molar-refractivity contribution < 1.29 is 33.1 Å². The Hall–Kier alpha value is -1.60. The van der Waals surface area contributed by atoms with Crippen LogP contribution in [0.5, 0.6) is 11.5 Å². The molecule has 0 aliphatic heterocycles. The molecular formula is C15H24NO7P. The van der Waals surface area contributed by atoms with E-state index in [1.165, 1.54) is 12.1 Å². The van der Waals surface area contributed by atoms with Gasteiger partial charge in [-0.25, -0.2) is 4.57 Å². The van der Waals surface area contributed by atoms with E-state index in [4.69, 9.17) is 13.6 Å². The Kier molecular flexibility index (Phi) is 8.78. The smallest absolute Gasteiger partial charge is 0.474 e. The van der Waals surface area contributed by atoms with E-state index >= 15 is 0 Å². The van der Waals surface area contributed by atoms with Crippen LogP contribution in [0.3, 0.4) is 0 Å². The Bertz CT molecular complexity index is 569. The van der Waals surface area contributed by atoms with E-state index in [9.17, 15) is 19.6 Å². The Morgan fingerprint density at radius 2 is 1.79 bits per heavy atom. The van der Waals surface area contributed by atoms with Gasteiger partial charge in [0.2, 0.25) is 0 Å². The fraction of sp³-hybridized carbons (Fsp3) is 0.533. The van der Waals surface area contributed by atoms with Crippen molar-refractivity contribution >= 4 is 13.7 Å². The molecule has 0 radical (unpaired) electrons. The number of hydrogen-bond acceptors (Lipinski definition) is 7. The number of hydrogen-bond donors (Lipinski definition) is 3. The zero-order chi connectivity index (χ0) is 18.0. The van der Waals surface area contributed by atoms with Gasteiger partial charge in [-0.2, -0.15) is 0 Å². The summed E-state index contributed by atoms with van der Waals surface area (Å²) in [6.45, 7) is 4.38. The van der Waals surface area contributed by atoms with Crippen molar-refractivity contribution in [2.24, 2.45) is 0 Å². The largest absolute Gasteiger partial charge is 0.508 e. The molecule has 136 valence electrons. The topological polar surface area (TPSA) is 114 Å². The van der Waals surface area contributed by atoms with E-state index in [0.717, 1.165) is 6.07 Å². The van der Waals surface area contributed by atoms with Gasteiger partial charge in [-0.3, -0.25) is 18.4 Å². The number of phosphoric ester groups is 1. The standard InChI is InChI=1S/C15H24NO7P/c1-3-21-24(20,22-4-2)23-10-6-5-9-16-15(19)13-8-7-12(17)11-14(13)18/h7-8,11,17-18H,3-6,9-10H2,1-2H3,(H,16,19). The summed E-state index contributed by atoms with van der Waals surface area (Å²) in [6.07, 6.45) is 1.13. The van der Waals surface area contributed by atoms with Crippen molar-refractivity contribution in [3.8, 4) is 11.5 Å². The lowest BCUT2D eigenvalue weighted by molar-refractivity contribution is 0.0945. The Morgan fingerprint density at radius 1 is 1.12 bits per heavy atom. The maximum absolute atomic E-state index is 12.0. The molecule has 0 heterocycles. The number of aromatic hydroxyl groups is 2. The van der Waals surface area contributed by atoms with Gasteiger partial charge in [-0.05, 0) is 38.8 Å². The number of benzene rings is 1. The summed E-state index contributed by atoms with van der Waals surface area (Å²) in [5.74, 6) is -0.845. The first-order valence-corrected chi connectivity index (χ1v) is 9.21. The van der Waals surface area contributed by atoms with E-state index in [2.05, 4.69) is 5.32 Å². The summed E-state index contributed by atoms with van der Waals surface area (Å²) >= 11 is 0. The lowest BCUT2D eigenvalue weighted by Gasteiger charge is -2.16. The fourth-order valence-corrected chi connectivity index (χ4v) is 3.05. The van der Waals surface area contributed by atoms with Crippen LogP contribution in [-0.2, 0) is 18.1 Å². The quantitative estimate of drug-likeness (QED) is 0.410. The zero-order valence-corrected chi connectivity index (χ0v) is 14.8. The minimum atomic E-state index is -3.49. The summed E-state index contributed by atoms with van der Waals surface area (Å²) in [5, 5.41) is 21.4. The van der Waals surface area contributed by atoms with Gasteiger partial charge >= 0.3 is 7.82 Å².